The molecule has 1 aromatic rings. The second-order valence-corrected chi connectivity index (χ2v) is 3.80. The first-order valence-corrected chi connectivity index (χ1v) is 4.49. The molecular weight excluding hydrogens is 191 g/mol. The fourth-order valence-electron chi connectivity index (χ4n) is 1.49. The van der Waals surface area contributed by atoms with Crippen molar-refractivity contribution in [1.82, 2.24) is 0 Å². The summed E-state index contributed by atoms with van der Waals surface area (Å²) in [5, 5.41) is 0.603. The SMILES string of the molecule is O=C(F)C1(c2ccc(Cl)cc2)CC1. The zero-order valence-corrected chi connectivity index (χ0v) is 7.64. The molecule has 13 heavy (non-hydrogen) atoms. The van der Waals surface area contributed by atoms with Gasteiger partial charge in [0, 0.05) is 5.02 Å². The molecule has 0 radical (unpaired) electrons. The van der Waals surface area contributed by atoms with Crippen LogP contribution in [0.4, 0.5) is 4.39 Å². The molecule has 0 amide bonds. The van der Waals surface area contributed by atoms with Gasteiger partial charge in [-0.1, -0.05) is 23.7 Å². The van der Waals surface area contributed by atoms with Gasteiger partial charge in [0.05, 0.1) is 5.41 Å². The van der Waals surface area contributed by atoms with E-state index in [2.05, 4.69) is 0 Å². The minimum absolute atomic E-state index is 0.603. The minimum Gasteiger partial charge on any atom is -0.260 e. The quantitative estimate of drug-likeness (QED) is 0.668. The summed E-state index contributed by atoms with van der Waals surface area (Å²) in [6, 6.07) is 5.56. The van der Waals surface area contributed by atoms with Crippen molar-refractivity contribution < 1.29 is 9.18 Å². The Balaban J connectivity index is 2.36. The Morgan fingerprint density at radius 2 is 1.85 bits per heavy atom. The van der Waals surface area contributed by atoms with Gasteiger partial charge in [-0.05, 0) is 30.5 Å². The van der Waals surface area contributed by atoms with Gasteiger partial charge < -0.3 is 0 Å². The Morgan fingerprint density at radius 3 is 2.23 bits per heavy atom. The maximum atomic E-state index is 12.7. The van der Waals surface area contributed by atoms with Gasteiger partial charge in [-0.15, -0.1) is 0 Å². The molecule has 0 aromatic heterocycles. The van der Waals surface area contributed by atoms with E-state index in [1.165, 1.54) is 0 Å². The molecule has 1 nitrogen and oxygen atoms in total. The number of rotatable bonds is 2. The average molecular weight is 199 g/mol. The highest BCUT2D eigenvalue weighted by Gasteiger charge is 2.51. The van der Waals surface area contributed by atoms with Crippen LogP contribution < -0.4 is 0 Å². The van der Waals surface area contributed by atoms with Crippen molar-refractivity contribution in [3.8, 4) is 0 Å². The summed E-state index contributed by atoms with van der Waals surface area (Å²) in [5.74, 6) is 0. The van der Waals surface area contributed by atoms with Crippen LogP contribution in [-0.4, -0.2) is 6.04 Å². The molecule has 0 saturated heterocycles. The Morgan fingerprint density at radius 1 is 1.31 bits per heavy atom. The monoisotopic (exact) mass is 198 g/mol. The second kappa shape index (κ2) is 2.81. The fourth-order valence-corrected chi connectivity index (χ4v) is 1.62. The van der Waals surface area contributed by atoms with Crippen molar-refractivity contribution in [2.24, 2.45) is 0 Å². The molecule has 0 bridgehead atoms. The molecule has 0 atom stereocenters. The van der Waals surface area contributed by atoms with Crippen LogP contribution in [0.25, 0.3) is 0 Å². The summed E-state index contributed by atoms with van der Waals surface area (Å²) >= 11 is 5.68. The molecule has 1 fully saturated rings. The van der Waals surface area contributed by atoms with Crippen LogP contribution >= 0.6 is 11.6 Å². The predicted octanol–water partition coefficient (Wildman–Crippen LogP) is 2.87. The maximum Gasteiger partial charge on any atom is 0.311 e. The standard InChI is InChI=1S/C10H8ClFO/c11-8-3-1-7(2-4-8)10(5-6-10)9(12)13/h1-4H,5-6H2. The Hall–Kier alpha value is -0.890. The van der Waals surface area contributed by atoms with E-state index in [0.29, 0.717) is 17.9 Å². The first-order valence-electron chi connectivity index (χ1n) is 4.11. The number of carbonyl (C=O) groups is 1. The molecule has 2 rings (SSSR count). The number of carbonyl (C=O) groups excluding carboxylic acids is 1. The predicted molar refractivity (Wildman–Crippen MR) is 48.5 cm³/mol. The maximum absolute atomic E-state index is 12.7. The van der Waals surface area contributed by atoms with Crippen LogP contribution in [-0.2, 0) is 10.2 Å². The first-order chi connectivity index (χ1) is 6.15. The number of benzene rings is 1. The summed E-state index contributed by atoms with van der Waals surface area (Å²) < 4.78 is 12.7. The molecule has 1 aliphatic rings. The normalized spacial score (nSPS) is 18.3. The second-order valence-electron chi connectivity index (χ2n) is 3.36. The van der Waals surface area contributed by atoms with Crippen molar-refractivity contribution in [2.45, 2.75) is 18.3 Å². The van der Waals surface area contributed by atoms with Gasteiger partial charge >= 0.3 is 6.04 Å². The lowest BCUT2D eigenvalue weighted by molar-refractivity contribution is -0.132. The number of hydrogen-bond donors (Lipinski definition) is 0. The molecule has 0 spiro atoms. The summed E-state index contributed by atoms with van der Waals surface area (Å²) in [6.45, 7) is 0. The third-order valence-electron chi connectivity index (χ3n) is 2.52. The van der Waals surface area contributed by atoms with Crippen molar-refractivity contribution >= 4 is 17.6 Å². The average Bonchev–Trinajstić information content (AvgIpc) is 2.86. The van der Waals surface area contributed by atoms with Gasteiger partial charge in [-0.3, -0.25) is 4.79 Å². The molecule has 3 heteroatoms. The lowest BCUT2D eigenvalue weighted by atomic mass is 9.97. The van der Waals surface area contributed by atoms with Crippen LogP contribution in [0.15, 0.2) is 24.3 Å². The molecular formula is C10H8ClFO. The van der Waals surface area contributed by atoms with Crippen LogP contribution in [0.3, 0.4) is 0 Å². The molecule has 0 heterocycles. The Bertz CT molecular complexity index is 340. The van der Waals surface area contributed by atoms with E-state index in [0.717, 1.165) is 5.56 Å². The molecule has 68 valence electrons. The summed E-state index contributed by atoms with van der Waals surface area (Å²) in [5.41, 5.74) is -0.0886. The zero-order chi connectivity index (χ0) is 9.47. The smallest absolute Gasteiger partial charge is 0.260 e. The number of hydrogen-bond acceptors (Lipinski definition) is 1. The van der Waals surface area contributed by atoms with Crippen LogP contribution in [0.2, 0.25) is 5.02 Å². The highest BCUT2D eigenvalue weighted by Crippen LogP contribution is 2.49. The van der Waals surface area contributed by atoms with Gasteiger partial charge in [0.2, 0.25) is 0 Å². The van der Waals surface area contributed by atoms with Crippen LogP contribution in [0, 0.1) is 0 Å². The largest absolute Gasteiger partial charge is 0.311 e. The summed E-state index contributed by atoms with van der Waals surface area (Å²) in [4.78, 5) is 10.7. The Labute approximate surface area is 80.5 Å². The highest BCUT2D eigenvalue weighted by molar-refractivity contribution is 6.30. The van der Waals surface area contributed by atoms with E-state index in [1.807, 2.05) is 0 Å². The van der Waals surface area contributed by atoms with Gasteiger partial charge in [-0.2, -0.15) is 4.39 Å². The van der Waals surface area contributed by atoms with Crippen molar-refractivity contribution in [3.05, 3.63) is 34.9 Å². The minimum atomic E-state index is -1.23. The molecule has 1 aromatic carbocycles. The van der Waals surface area contributed by atoms with E-state index in [-0.39, 0.29) is 0 Å². The lowest BCUT2D eigenvalue weighted by Gasteiger charge is -2.08. The third kappa shape index (κ3) is 1.35. The third-order valence-corrected chi connectivity index (χ3v) is 2.78. The van der Waals surface area contributed by atoms with E-state index in [9.17, 15) is 9.18 Å². The summed E-state index contributed by atoms with van der Waals surface area (Å²) in [6.07, 6.45) is 1.23. The lowest BCUT2D eigenvalue weighted by Crippen LogP contribution is -2.15. The summed E-state index contributed by atoms with van der Waals surface area (Å²) in [7, 11) is 0. The van der Waals surface area contributed by atoms with Gasteiger partial charge in [0.1, 0.15) is 0 Å². The molecule has 0 N–H and O–H groups in total. The van der Waals surface area contributed by atoms with Crippen molar-refractivity contribution in [1.29, 1.82) is 0 Å². The van der Waals surface area contributed by atoms with Gasteiger partial charge in [0.15, 0.2) is 0 Å². The van der Waals surface area contributed by atoms with E-state index >= 15 is 0 Å². The Kier molecular flexibility index (Phi) is 1.88. The van der Waals surface area contributed by atoms with E-state index in [1.54, 1.807) is 24.3 Å². The molecule has 0 aliphatic heterocycles. The van der Waals surface area contributed by atoms with Gasteiger partial charge in [0.25, 0.3) is 0 Å². The van der Waals surface area contributed by atoms with Gasteiger partial charge in [-0.25, -0.2) is 0 Å². The first kappa shape index (κ1) is 8.70. The van der Waals surface area contributed by atoms with Crippen LogP contribution in [0.5, 0.6) is 0 Å². The molecule has 0 unspecified atom stereocenters. The van der Waals surface area contributed by atoms with E-state index in [4.69, 9.17) is 11.6 Å². The topological polar surface area (TPSA) is 17.1 Å². The number of halogens is 2. The highest BCUT2D eigenvalue weighted by atomic mass is 35.5. The zero-order valence-electron chi connectivity index (χ0n) is 6.89. The van der Waals surface area contributed by atoms with E-state index < -0.39 is 11.5 Å². The molecule has 1 aliphatic carbocycles. The van der Waals surface area contributed by atoms with Crippen molar-refractivity contribution in [3.63, 3.8) is 0 Å². The molecule has 1 saturated carbocycles. The van der Waals surface area contributed by atoms with Crippen molar-refractivity contribution in [2.75, 3.05) is 0 Å². The van der Waals surface area contributed by atoms with Crippen LogP contribution in [0.1, 0.15) is 18.4 Å². The fraction of sp³-hybridized carbons (Fsp3) is 0.300.